The molecule has 1 aliphatic rings. The second kappa shape index (κ2) is 8.79. The maximum absolute atomic E-state index is 12.6. The third-order valence-corrected chi connectivity index (χ3v) is 6.69. The fourth-order valence-electron chi connectivity index (χ4n) is 4.54. The first-order valence-corrected chi connectivity index (χ1v) is 12.0. The molecule has 1 aliphatic heterocycles. The van der Waals surface area contributed by atoms with Crippen LogP contribution < -0.4 is 10.2 Å². The van der Waals surface area contributed by atoms with E-state index < -0.39 is 0 Å². The van der Waals surface area contributed by atoms with Crippen LogP contribution in [0.2, 0.25) is 0 Å². The zero-order chi connectivity index (χ0) is 24.7. The normalized spacial score (nSPS) is 18.8. The number of amides is 1. The lowest BCUT2D eigenvalue weighted by molar-refractivity contribution is 0.0934. The van der Waals surface area contributed by atoms with Crippen LogP contribution in [0, 0.1) is 11.8 Å². The molecule has 5 rings (SSSR count). The fourth-order valence-corrected chi connectivity index (χ4v) is 4.54. The van der Waals surface area contributed by atoms with Crippen molar-refractivity contribution in [3.05, 3.63) is 42.7 Å². The molecule has 184 valence electrons. The first-order valence-electron chi connectivity index (χ1n) is 12.0. The molecular formula is C24H32N10O. The number of piperidine rings is 1. The van der Waals surface area contributed by atoms with E-state index in [4.69, 9.17) is 4.98 Å². The van der Waals surface area contributed by atoms with Crippen molar-refractivity contribution in [1.82, 2.24) is 44.7 Å². The zero-order valence-corrected chi connectivity index (χ0v) is 20.9. The summed E-state index contributed by atoms with van der Waals surface area (Å²) in [5, 5.41) is 19.9. The van der Waals surface area contributed by atoms with E-state index in [2.05, 4.69) is 37.6 Å². The lowest BCUT2D eigenvalue weighted by Gasteiger charge is -2.38. The van der Waals surface area contributed by atoms with E-state index in [1.807, 2.05) is 57.0 Å². The van der Waals surface area contributed by atoms with Gasteiger partial charge in [-0.1, -0.05) is 12.1 Å². The van der Waals surface area contributed by atoms with E-state index in [-0.39, 0.29) is 11.4 Å². The molecule has 2 atom stereocenters. The number of hydrogen-bond donors (Lipinski definition) is 1. The third-order valence-electron chi connectivity index (χ3n) is 6.69. The van der Waals surface area contributed by atoms with Crippen LogP contribution in [0.15, 0.2) is 37.1 Å². The van der Waals surface area contributed by atoms with Gasteiger partial charge in [-0.3, -0.25) is 9.48 Å². The van der Waals surface area contributed by atoms with E-state index in [9.17, 15) is 4.79 Å². The summed E-state index contributed by atoms with van der Waals surface area (Å²) < 4.78 is 5.37. The number of carbonyl (C=O) groups is 1. The Morgan fingerprint density at radius 1 is 1.20 bits per heavy atom. The molecule has 4 aromatic rings. The number of carbonyl (C=O) groups excluding carboxylic acids is 1. The molecule has 2 unspecified atom stereocenters. The summed E-state index contributed by atoms with van der Waals surface area (Å²) in [5.41, 5.74) is 2.92. The molecule has 0 radical (unpaired) electrons. The minimum absolute atomic E-state index is 0.179. The standard InChI is InChI=1S/C24H32N10O/c1-16-12-32(9-7-17(16)10-25-23(35)20-15-34(30-29-20)24(2,3)4)22-21-6-8-26-33(21)14-19(28-22)18-11-27-31(5)13-18/h6,8,11,13-17H,7,9-10,12H2,1-5H3,(H,25,35). The van der Waals surface area contributed by atoms with E-state index in [0.29, 0.717) is 24.1 Å². The molecular weight excluding hydrogens is 444 g/mol. The second-order valence-electron chi connectivity index (χ2n) is 10.4. The molecule has 1 saturated heterocycles. The highest BCUT2D eigenvalue weighted by Gasteiger charge is 2.29. The summed E-state index contributed by atoms with van der Waals surface area (Å²) in [5.74, 6) is 1.50. The van der Waals surface area contributed by atoms with Crippen molar-refractivity contribution in [2.75, 3.05) is 24.5 Å². The lowest BCUT2D eigenvalue weighted by atomic mass is 9.86. The molecule has 1 N–H and O–H groups in total. The largest absolute Gasteiger partial charge is 0.355 e. The molecule has 35 heavy (non-hydrogen) atoms. The molecule has 0 saturated carbocycles. The SMILES string of the molecule is CC1CN(c2nc(-c3cnn(C)c3)cn3nccc23)CCC1CNC(=O)c1cn(C(C)(C)C)nn1. The van der Waals surface area contributed by atoms with Crippen LogP contribution in [0.3, 0.4) is 0 Å². The van der Waals surface area contributed by atoms with E-state index >= 15 is 0 Å². The highest BCUT2D eigenvalue weighted by Crippen LogP contribution is 2.30. The van der Waals surface area contributed by atoms with Gasteiger partial charge in [-0.25, -0.2) is 14.2 Å². The van der Waals surface area contributed by atoms with Crippen molar-refractivity contribution in [2.45, 2.75) is 39.7 Å². The molecule has 0 bridgehead atoms. The first-order chi connectivity index (χ1) is 16.7. The van der Waals surface area contributed by atoms with Gasteiger partial charge in [-0.05, 0) is 45.1 Å². The van der Waals surface area contributed by atoms with Gasteiger partial charge in [0, 0.05) is 38.4 Å². The molecule has 4 aromatic heterocycles. The Labute approximate surface area is 204 Å². The lowest BCUT2D eigenvalue weighted by Crippen LogP contribution is -2.44. The van der Waals surface area contributed by atoms with Crippen LogP contribution in [0.4, 0.5) is 5.82 Å². The maximum atomic E-state index is 12.6. The minimum atomic E-state index is -0.212. The Balaban J connectivity index is 1.27. The summed E-state index contributed by atoms with van der Waals surface area (Å²) in [6, 6.07) is 2.00. The molecule has 0 spiro atoms. The van der Waals surface area contributed by atoms with Crippen molar-refractivity contribution >= 4 is 17.2 Å². The number of anilines is 1. The van der Waals surface area contributed by atoms with Crippen molar-refractivity contribution in [2.24, 2.45) is 18.9 Å². The summed E-state index contributed by atoms with van der Waals surface area (Å²) in [7, 11) is 1.90. The van der Waals surface area contributed by atoms with Gasteiger partial charge < -0.3 is 10.2 Å². The quantitative estimate of drug-likeness (QED) is 0.471. The Morgan fingerprint density at radius 2 is 2.03 bits per heavy atom. The van der Waals surface area contributed by atoms with E-state index in [1.165, 1.54) is 0 Å². The highest BCUT2D eigenvalue weighted by molar-refractivity contribution is 5.91. The molecule has 1 fully saturated rings. The van der Waals surface area contributed by atoms with Gasteiger partial charge in [0.25, 0.3) is 5.91 Å². The van der Waals surface area contributed by atoms with Gasteiger partial charge in [0.1, 0.15) is 5.52 Å². The van der Waals surface area contributed by atoms with Crippen LogP contribution in [0.25, 0.3) is 16.8 Å². The number of nitrogens with one attached hydrogen (secondary N) is 1. The zero-order valence-electron chi connectivity index (χ0n) is 20.9. The van der Waals surface area contributed by atoms with Crippen LogP contribution in [0.5, 0.6) is 0 Å². The van der Waals surface area contributed by atoms with Crippen LogP contribution >= 0.6 is 0 Å². The Kier molecular flexibility index (Phi) is 5.78. The van der Waals surface area contributed by atoms with Crippen molar-refractivity contribution < 1.29 is 4.79 Å². The first kappa shape index (κ1) is 23.0. The monoisotopic (exact) mass is 476 g/mol. The fraction of sp³-hybridized carbons (Fsp3) is 0.500. The number of aromatic nitrogens is 8. The predicted octanol–water partition coefficient (Wildman–Crippen LogP) is 2.37. The van der Waals surface area contributed by atoms with Gasteiger partial charge >= 0.3 is 0 Å². The number of aryl methyl sites for hydroxylation is 1. The summed E-state index contributed by atoms with van der Waals surface area (Å²) >= 11 is 0. The van der Waals surface area contributed by atoms with Gasteiger partial charge in [0.15, 0.2) is 11.5 Å². The summed E-state index contributed by atoms with van der Waals surface area (Å²) in [6.07, 6.45) is 10.2. The van der Waals surface area contributed by atoms with Crippen molar-refractivity contribution in [3.63, 3.8) is 0 Å². The Hall–Kier alpha value is -3.76. The topological polar surface area (TPSA) is 111 Å². The maximum Gasteiger partial charge on any atom is 0.273 e. The highest BCUT2D eigenvalue weighted by atomic mass is 16.2. The second-order valence-corrected chi connectivity index (χ2v) is 10.4. The van der Waals surface area contributed by atoms with Gasteiger partial charge in [0.05, 0.1) is 36.0 Å². The minimum Gasteiger partial charge on any atom is -0.355 e. The predicted molar refractivity (Wildman–Crippen MR) is 132 cm³/mol. The van der Waals surface area contributed by atoms with E-state index in [0.717, 1.165) is 42.1 Å². The molecule has 11 nitrogen and oxygen atoms in total. The average Bonchev–Trinajstić information content (AvgIpc) is 3.57. The Bertz CT molecular complexity index is 1340. The molecule has 11 heteroatoms. The molecule has 5 heterocycles. The molecule has 0 aliphatic carbocycles. The van der Waals surface area contributed by atoms with Crippen molar-refractivity contribution in [3.8, 4) is 11.3 Å². The van der Waals surface area contributed by atoms with Gasteiger partial charge in [-0.15, -0.1) is 5.10 Å². The third kappa shape index (κ3) is 4.62. The average molecular weight is 477 g/mol. The van der Waals surface area contributed by atoms with Gasteiger partial charge in [-0.2, -0.15) is 10.2 Å². The number of nitrogens with zero attached hydrogens (tertiary/aromatic N) is 9. The molecule has 1 amide bonds. The van der Waals surface area contributed by atoms with Gasteiger partial charge in [0.2, 0.25) is 0 Å². The number of hydrogen-bond acceptors (Lipinski definition) is 7. The van der Waals surface area contributed by atoms with Crippen LogP contribution in [-0.2, 0) is 12.6 Å². The number of fused-ring (bicyclic) bond motifs is 1. The van der Waals surface area contributed by atoms with Crippen molar-refractivity contribution in [1.29, 1.82) is 0 Å². The molecule has 0 aromatic carbocycles. The summed E-state index contributed by atoms with van der Waals surface area (Å²) in [4.78, 5) is 20.0. The smallest absolute Gasteiger partial charge is 0.273 e. The number of rotatable bonds is 5. The Morgan fingerprint density at radius 3 is 2.71 bits per heavy atom. The van der Waals surface area contributed by atoms with E-state index in [1.54, 1.807) is 21.8 Å². The van der Waals surface area contributed by atoms with Crippen LogP contribution in [0.1, 0.15) is 44.6 Å². The summed E-state index contributed by atoms with van der Waals surface area (Å²) in [6.45, 7) is 10.6. The van der Waals surface area contributed by atoms with Crippen LogP contribution in [-0.4, -0.2) is 64.9 Å².